The van der Waals surface area contributed by atoms with Gasteiger partial charge < -0.3 is 4.74 Å². The average Bonchev–Trinajstić information content (AvgIpc) is 2.17. The summed E-state index contributed by atoms with van der Waals surface area (Å²) in [5.41, 5.74) is 0. The highest BCUT2D eigenvalue weighted by Crippen LogP contribution is 2.23. The van der Waals surface area contributed by atoms with Gasteiger partial charge in [0.25, 0.3) is 0 Å². The number of nitrogens with zero attached hydrogens (tertiary/aromatic N) is 1. The second-order valence-corrected chi connectivity index (χ2v) is 2.91. The van der Waals surface area contributed by atoms with Crippen molar-refractivity contribution in [1.82, 2.24) is 0 Å². The topological polar surface area (TPSA) is 22.8 Å². The summed E-state index contributed by atoms with van der Waals surface area (Å²) in [6.07, 6.45) is 6.47. The first-order chi connectivity index (χ1) is 6.29. The fourth-order valence-electron chi connectivity index (χ4n) is 1.35. The van der Waals surface area contributed by atoms with E-state index in [9.17, 15) is 0 Å². The highest BCUT2D eigenvalue weighted by atomic mass is 16.6. The number of fused-ring (bicyclic) bond motifs is 1. The molecular formula is C10H9NO2. The normalized spacial score (nSPS) is 36.2. The molecule has 2 heterocycles. The highest BCUT2D eigenvalue weighted by Gasteiger charge is 2.31. The molecular weight excluding hydrogens is 166 g/mol. The monoisotopic (exact) mass is 175 g/mol. The minimum absolute atomic E-state index is 0.115. The smallest absolute Gasteiger partial charge is 0.348 e. The Balaban J connectivity index is 2.18. The largest absolute Gasteiger partial charge is 0.484 e. The highest BCUT2D eigenvalue weighted by molar-refractivity contribution is 5.21. The quantitative estimate of drug-likeness (QED) is 0.412. The SMILES string of the molecule is [C-]#[N+][C@@H]1C=C[C@H]2OC(=C)C=C[C@H]2O1. The molecule has 0 N–H and O–H groups in total. The van der Waals surface area contributed by atoms with Crippen LogP contribution in [0.4, 0.5) is 0 Å². The van der Waals surface area contributed by atoms with Gasteiger partial charge in [-0.05, 0) is 18.2 Å². The lowest BCUT2D eigenvalue weighted by atomic mass is 10.1. The molecule has 0 fully saturated rings. The van der Waals surface area contributed by atoms with E-state index in [-0.39, 0.29) is 12.2 Å². The van der Waals surface area contributed by atoms with Crippen molar-refractivity contribution in [3.8, 4) is 0 Å². The minimum Gasteiger partial charge on any atom is -0.484 e. The predicted octanol–water partition coefficient (Wildman–Crippen LogP) is 1.66. The summed E-state index contributed by atoms with van der Waals surface area (Å²) >= 11 is 0. The molecule has 0 aromatic rings. The summed E-state index contributed by atoms with van der Waals surface area (Å²) < 4.78 is 10.8. The fraction of sp³-hybridized carbons (Fsp3) is 0.300. The molecule has 0 saturated carbocycles. The first-order valence-corrected chi connectivity index (χ1v) is 4.04. The van der Waals surface area contributed by atoms with Crippen molar-refractivity contribution < 1.29 is 9.47 Å². The summed E-state index contributed by atoms with van der Waals surface area (Å²) in [5, 5.41) is 0. The van der Waals surface area contributed by atoms with E-state index in [0.29, 0.717) is 5.76 Å². The second-order valence-electron chi connectivity index (χ2n) is 2.91. The maximum Gasteiger partial charge on any atom is 0.348 e. The van der Waals surface area contributed by atoms with Crippen molar-refractivity contribution in [2.75, 3.05) is 0 Å². The van der Waals surface area contributed by atoms with Crippen LogP contribution in [0.2, 0.25) is 0 Å². The van der Waals surface area contributed by atoms with E-state index < -0.39 is 6.23 Å². The summed E-state index contributed by atoms with van der Waals surface area (Å²) in [4.78, 5) is 3.29. The molecule has 0 bridgehead atoms. The van der Waals surface area contributed by atoms with Crippen molar-refractivity contribution in [1.29, 1.82) is 0 Å². The van der Waals surface area contributed by atoms with Gasteiger partial charge in [-0.3, -0.25) is 9.58 Å². The number of hydrogen-bond donors (Lipinski definition) is 0. The van der Waals surface area contributed by atoms with Crippen molar-refractivity contribution in [2.45, 2.75) is 18.4 Å². The van der Waals surface area contributed by atoms with Gasteiger partial charge in [-0.2, -0.15) is 0 Å². The molecule has 2 aliphatic rings. The van der Waals surface area contributed by atoms with Gasteiger partial charge in [0.1, 0.15) is 18.0 Å². The van der Waals surface area contributed by atoms with Gasteiger partial charge >= 0.3 is 6.23 Å². The zero-order valence-electron chi connectivity index (χ0n) is 7.01. The standard InChI is InChI=1S/C10H9NO2/c1-7-3-4-9-8(12-7)5-6-10(11-2)13-9/h3-6,8-10H,1H2/t8-,9-,10+/m1/s1. The maximum atomic E-state index is 6.81. The molecule has 2 aliphatic heterocycles. The van der Waals surface area contributed by atoms with Gasteiger partial charge in [0.15, 0.2) is 0 Å². The Hall–Kier alpha value is -1.53. The molecule has 0 radical (unpaired) electrons. The predicted molar refractivity (Wildman–Crippen MR) is 47.6 cm³/mol. The number of allylic oxidation sites excluding steroid dienone is 1. The zero-order chi connectivity index (χ0) is 9.26. The molecule has 13 heavy (non-hydrogen) atoms. The molecule has 3 heteroatoms. The molecule has 0 aromatic carbocycles. The van der Waals surface area contributed by atoms with E-state index in [1.54, 1.807) is 12.2 Å². The van der Waals surface area contributed by atoms with Gasteiger partial charge in [0.05, 0.1) is 0 Å². The molecule has 0 saturated heterocycles. The molecule has 0 unspecified atom stereocenters. The zero-order valence-corrected chi connectivity index (χ0v) is 7.01. The third-order valence-electron chi connectivity index (χ3n) is 1.97. The van der Waals surface area contributed by atoms with E-state index in [0.717, 1.165) is 0 Å². The summed E-state index contributed by atoms with van der Waals surface area (Å²) in [6, 6.07) is 0. The van der Waals surface area contributed by atoms with E-state index in [1.807, 2.05) is 12.2 Å². The van der Waals surface area contributed by atoms with E-state index in [1.165, 1.54) is 0 Å². The Morgan fingerprint density at radius 2 is 2.15 bits per heavy atom. The molecule has 2 rings (SSSR count). The molecule has 0 amide bonds. The molecule has 0 aromatic heterocycles. The molecule has 66 valence electrons. The van der Waals surface area contributed by atoms with Gasteiger partial charge in [-0.25, -0.2) is 6.57 Å². The minimum atomic E-state index is -0.471. The fourth-order valence-corrected chi connectivity index (χ4v) is 1.35. The first kappa shape index (κ1) is 8.09. The van der Waals surface area contributed by atoms with Crippen molar-refractivity contribution in [3.63, 3.8) is 0 Å². The lowest BCUT2D eigenvalue weighted by molar-refractivity contribution is -0.0306. The van der Waals surface area contributed by atoms with Crippen LogP contribution in [0.5, 0.6) is 0 Å². The van der Waals surface area contributed by atoms with Crippen LogP contribution in [0.25, 0.3) is 4.85 Å². The Morgan fingerprint density at radius 1 is 1.31 bits per heavy atom. The third-order valence-corrected chi connectivity index (χ3v) is 1.97. The Morgan fingerprint density at radius 3 is 2.92 bits per heavy atom. The first-order valence-electron chi connectivity index (χ1n) is 4.04. The van der Waals surface area contributed by atoms with Gasteiger partial charge in [0, 0.05) is 6.08 Å². The third kappa shape index (κ3) is 1.49. The lowest BCUT2D eigenvalue weighted by Crippen LogP contribution is -2.36. The van der Waals surface area contributed by atoms with Crippen molar-refractivity contribution >= 4 is 0 Å². The molecule has 0 aliphatic carbocycles. The lowest BCUT2D eigenvalue weighted by Gasteiger charge is -2.29. The summed E-state index contributed by atoms with van der Waals surface area (Å²) in [6.45, 7) is 10.5. The van der Waals surface area contributed by atoms with Crippen LogP contribution in [0.15, 0.2) is 36.6 Å². The number of ether oxygens (including phenoxy) is 2. The van der Waals surface area contributed by atoms with Gasteiger partial charge in [0.2, 0.25) is 0 Å². The Bertz CT molecular complexity index is 324. The van der Waals surface area contributed by atoms with Crippen LogP contribution in [-0.4, -0.2) is 18.4 Å². The van der Waals surface area contributed by atoms with Crippen LogP contribution in [0.1, 0.15) is 0 Å². The van der Waals surface area contributed by atoms with Crippen LogP contribution < -0.4 is 0 Å². The van der Waals surface area contributed by atoms with Gasteiger partial charge in [-0.1, -0.05) is 6.58 Å². The molecule has 3 atom stereocenters. The van der Waals surface area contributed by atoms with Gasteiger partial charge in [-0.15, -0.1) is 0 Å². The molecule has 0 spiro atoms. The van der Waals surface area contributed by atoms with Crippen LogP contribution in [0, 0.1) is 6.57 Å². The number of rotatable bonds is 0. The summed E-state index contributed by atoms with van der Waals surface area (Å²) in [7, 11) is 0. The van der Waals surface area contributed by atoms with Crippen molar-refractivity contribution in [2.24, 2.45) is 0 Å². The Kier molecular flexibility index (Phi) is 1.91. The van der Waals surface area contributed by atoms with Crippen LogP contribution in [-0.2, 0) is 9.47 Å². The second kappa shape index (κ2) is 3.08. The van der Waals surface area contributed by atoms with E-state index >= 15 is 0 Å². The van der Waals surface area contributed by atoms with Crippen LogP contribution in [0.3, 0.4) is 0 Å². The van der Waals surface area contributed by atoms with Crippen molar-refractivity contribution in [3.05, 3.63) is 48.1 Å². The van der Waals surface area contributed by atoms with Crippen LogP contribution >= 0.6 is 0 Å². The summed E-state index contributed by atoms with van der Waals surface area (Å²) in [5.74, 6) is 0.635. The number of hydrogen-bond acceptors (Lipinski definition) is 2. The average molecular weight is 175 g/mol. The maximum absolute atomic E-state index is 6.81. The molecule has 3 nitrogen and oxygen atoms in total. The Labute approximate surface area is 76.8 Å². The van der Waals surface area contributed by atoms with E-state index in [4.69, 9.17) is 16.0 Å². The van der Waals surface area contributed by atoms with E-state index in [2.05, 4.69) is 11.4 Å².